The Labute approximate surface area is 149 Å². The highest BCUT2D eigenvalue weighted by Crippen LogP contribution is 2.19. The molecule has 0 aromatic carbocycles. The maximum Gasteiger partial charge on any atom is 0.335 e. The Kier molecular flexibility index (Phi) is 6.51. The lowest BCUT2D eigenvalue weighted by molar-refractivity contribution is 0.0696. The summed E-state index contributed by atoms with van der Waals surface area (Å²) in [6, 6.07) is 7.25. The summed E-state index contributed by atoms with van der Waals surface area (Å²) < 4.78 is 5.25. The fraction of sp³-hybridized carbons (Fsp3) is 0.450. The van der Waals surface area contributed by atoms with Gasteiger partial charge < -0.3 is 9.84 Å². The summed E-state index contributed by atoms with van der Waals surface area (Å²) in [4.78, 5) is 20.2. The van der Waals surface area contributed by atoms with Crippen LogP contribution in [0, 0.1) is 12.8 Å². The highest BCUT2D eigenvalue weighted by molar-refractivity contribution is 5.87. The van der Waals surface area contributed by atoms with Crippen molar-refractivity contribution in [2.45, 2.75) is 46.5 Å². The highest BCUT2D eigenvalue weighted by atomic mass is 16.5. The van der Waals surface area contributed by atoms with Crippen LogP contribution in [0.2, 0.25) is 0 Å². The molecule has 0 fully saturated rings. The molecule has 0 aliphatic heterocycles. The molecule has 5 nitrogen and oxygen atoms in total. The summed E-state index contributed by atoms with van der Waals surface area (Å²) in [7, 11) is 1.62. The van der Waals surface area contributed by atoms with Crippen molar-refractivity contribution in [1.82, 2.24) is 9.97 Å². The van der Waals surface area contributed by atoms with Gasteiger partial charge in [0.05, 0.1) is 12.7 Å². The van der Waals surface area contributed by atoms with E-state index in [1.54, 1.807) is 19.2 Å². The molecule has 0 radical (unpaired) electrons. The minimum Gasteiger partial charge on any atom is -0.481 e. The molecule has 0 spiro atoms. The van der Waals surface area contributed by atoms with Crippen molar-refractivity contribution in [3.8, 4) is 5.88 Å². The second-order valence-corrected chi connectivity index (χ2v) is 6.70. The third-order valence-corrected chi connectivity index (χ3v) is 3.98. The zero-order chi connectivity index (χ0) is 18.4. The first-order chi connectivity index (χ1) is 11.9. The summed E-state index contributed by atoms with van der Waals surface area (Å²) in [5.41, 5.74) is 4.14. The van der Waals surface area contributed by atoms with Gasteiger partial charge in [0.25, 0.3) is 0 Å². The molecule has 0 unspecified atom stereocenters. The van der Waals surface area contributed by atoms with Gasteiger partial charge >= 0.3 is 5.97 Å². The number of hydrogen-bond donors (Lipinski definition) is 1. The summed E-state index contributed by atoms with van der Waals surface area (Å²) in [6.07, 6.45) is 3.39. The molecule has 25 heavy (non-hydrogen) atoms. The van der Waals surface area contributed by atoms with Crippen LogP contribution in [0.5, 0.6) is 5.88 Å². The summed E-state index contributed by atoms with van der Waals surface area (Å²) in [6.45, 7) is 6.20. The Balaban J connectivity index is 2.09. The average molecular weight is 342 g/mol. The van der Waals surface area contributed by atoms with Crippen LogP contribution in [0.15, 0.2) is 24.3 Å². The molecular formula is C20H26N2O3. The number of pyridine rings is 2. The number of carbonyl (C=O) groups is 1. The van der Waals surface area contributed by atoms with E-state index < -0.39 is 5.97 Å². The van der Waals surface area contributed by atoms with Gasteiger partial charge in [-0.3, -0.25) is 4.98 Å². The van der Waals surface area contributed by atoms with Gasteiger partial charge in [-0.2, -0.15) is 0 Å². The van der Waals surface area contributed by atoms with E-state index in [0.29, 0.717) is 17.4 Å². The number of rotatable bonds is 8. The topological polar surface area (TPSA) is 72.3 Å². The predicted molar refractivity (Wildman–Crippen MR) is 97.3 cm³/mol. The van der Waals surface area contributed by atoms with E-state index >= 15 is 0 Å². The van der Waals surface area contributed by atoms with Gasteiger partial charge in [-0.1, -0.05) is 19.9 Å². The van der Waals surface area contributed by atoms with Gasteiger partial charge in [-0.05, 0) is 56.2 Å². The van der Waals surface area contributed by atoms with Gasteiger partial charge in [-0.25, -0.2) is 9.78 Å². The number of carboxylic acid groups (broad SMARTS) is 1. The number of aromatic carboxylic acids is 1. The van der Waals surface area contributed by atoms with E-state index in [1.807, 2.05) is 13.0 Å². The number of ether oxygens (including phenoxy) is 1. The molecule has 0 bridgehead atoms. The van der Waals surface area contributed by atoms with E-state index in [2.05, 4.69) is 29.9 Å². The highest BCUT2D eigenvalue weighted by Gasteiger charge is 2.10. The van der Waals surface area contributed by atoms with Crippen molar-refractivity contribution < 1.29 is 14.6 Å². The van der Waals surface area contributed by atoms with Gasteiger partial charge in [0.2, 0.25) is 5.88 Å². The van der Waals surface area contributed by atoms with Crippen LogP contribution in [-0.4, -0.2) is 28.2 Å². The fourth-order valence-corrected chi connectivity index (χ4v) is 2.89. The van der Waals surface area contributed by atoms with Crippen LogP contribution in [-0.2, 0) is 19.3 Å². The van der Waals surface area contributed by atoms with Crippen molar-refractivity contribution in [2.75, 3.05) is 7.11 Å². The molecule has 0 aliphatic carbocycles. The Bertz CT molecular complexity index is 742. The SMILES string of the molecule is COc1ccc(CC(C)C)c(CCCc2cc(C(=O)O)cc(C)n2)n1. The van der Waals surface area contributed by atoms with Gasteiger partial charge in [-0.15, -0.1) is 0 Å². The minimum absolute atomic E-state index is 0.294. The van der Waals surface area contributed by atoms with Crippen LogP contribution in [0.4, 0.5) is 0 Å². The van der Waals surface area contributed by atoms with Gasteiger partial charge in [0.15, 0.2) is 0 Å². The quantitative estimate of drug-likeness (QED) is 0.788. The lowest BCUT2D eigenvalue weighted by atomic mass is 9.98. The number of hydrogen-bond acceptors (Lipinski definition) is 4. The molecule has 2 heterocycles. The summed E-state index contributed by atoms with van der Waals surface area (Å²) in [5.74, 6) is 0.273. The van der Waals surface area contributed by atoms with E-state index in [0.717, 1.165) is 42.8 Å². The fourth-order valence-electron chi connectivity index (χ4n) is 2.89. The lowest BCUT2D eigenvalue weighted by Crippen LogP contribution is -2.05. The zero-order valence-corrected chi connectivity index (χ0v) is 15.4. The van der Waals surface area contributed by atoms with Gasteiger partial charge in [0, 0.05) is 23.1 Å². The Hall–Kier alpha value is -2.43. The molecule has 2 aromatic rings. The molecule has 134 valence electrons. The van der Waals surface area contributed by atoms with Crippen molar-refractivity contribution in [2.24, 2.45) is 5.92 Å². The van der Waals surface area contributed by atoms with E-state index in [1.165, 1.54) is 5.56 Å². The maximum absolute atomic E-state index is 11.2. The normalized spacial score (nSPS) is 10.9. The Morgan fingerprint density at radius 2 is 1.96 bits per heavy atom. The van der Waals surface area contributed by atoms with Crippen LogP contribution < -0.4 is 4.74 Å². The lowest BCUT2D eigenvalue weighted by Gasteiger charge is -2.12. The van der Waals surface area contributed by atoms with Crippen LogP contribution >= 0.6 is 0 Å². The summed E-state index contributed by atoms with van der Waals surface area (Å²) in [5, 5.41) is 9.16. The van der Waals surface area contributed by atoms with Crippen LogP contribution in [0.3, 0.4) is 0 Å². The second kappa shape index (κ2) is 8.60. The molecular weight excluding hydrogens is 316 g/mol. The second-order valence-electron chi connectivity index (χ2n) is 6.70. The molecule has 0 saturated carbocycles. The third kappa shape index (κ3) is 5.55. The number of nitrogens with zero attached hydrogens (tertiary/aromatic N) is 2. The van der Waals surface area contributed by atoms with Crippen molar-refractivity contribution >= 4 is 5.97 Å². The largest absolute Gasteiger partial charge is 0.481 e. The van der Waals surface area contributed by atoms with Crippen molar-refractivity contribution in [1.29, 1.82) is 0 Å². The summed E-state index contributed by atoms with van der Waals surface area (Å²) >= 11 is 0. The molecule has 0 saturated heterocycles. The minimum atomic E-state index is -0.916. The number of aryl methyl sites for hydroxylation is 3. The first kappa shape index (κ1) is 18.9. The Morgan fingerprint density at radius 3 is 2.60 bits per heavy atom. The van der Waals surface area contributed by atoms with Gasteiger partial charge in [0.1, 0.15) is 0 Å². The smallest absolute Gasteiger partial charge is 0.335 e. The van der Waals surface area contributed by atoms with Crippen molar-refractivity contribution in [3.05, 3.63) is 52.5 Å². The predicted octanol–water partition coefficient (Wildman–Crippen LogP) is 3.87. The zero-order valence-electron chi connectivity index (χ0n) is 15.4. The first-order valence-electron chi connectivity index (χ1n) is 8.62. The standard InChI is InChI=1S/C20H26N2O3/c1-13(2)10-15-8-9-19(25-4)22-18(15)7-5-6-17-12-16(20(23)24)11-14(3)21-17/h8-9,11-13H,5-7,10H2,1-4H3,(H,23,24). The molecule has 0 amide bonds. The molecule has 1 N–H and O–H groups in total. The monoisotopic (exact) mass is 342 g/mol. The molecule has 5 heteroatoms. The third-order valence-electron chi connectivity index (χ3n) is 3.98. The van der Waals surface area contributed by atoms with Crippen LogP contribution in [0.25, 0.3) is 0 Å². The number of carboxylic acids is 1. The molecule has 0 aliphatic rings. The number of aromatic nitrogens is 2. The molecule has 0 atom stereocenters. The maximum atomic E-state index is 11.2. The molecule has 2 rings (SSSR count). The van der Waals surface area contributed by atoms with E-state index in [4.69, 9.17) is 9.84 Å². The number of methoxy groups -OCH3 is 1. The van der Waals surface area contributed by atoms with E-state index in [-0.39, 0.29) is 0 Å². The first-order valence-corrected chi connectivity index (χ1v) is 8.62. The average Bonchev–Trinajstić information content (AvgIpc) is 2.55. The van der Waals surface area contributed by atoms with Crippen molar-refractivity contribution in [3.63, 3.8) is 0 Å². The van der Waals surface area contributed by atoms with Crippen LogP contribution in [0.1, 0.15) is 53.3 Å². The van der Waals surface area contributed by atoms with E-state index in [9.17, 15) is 4.79 Å². The Morgan fingerprint density at radius 1 is 1.20 bits per heavy atom. The molecule has 2 aromatic heterocycles.